The molecule has 0 aliphatic carbocycles. The quantitative estimate of drug-likeness (QED) is 0.365. The minimum Gasteiger partial charge on any atom is -0.512 e. The highest BCUT2D eigenvalue weighted by Crippen LogP contribution is 2.08. The molecule has 0 heterocycles. The second-order valence-electron chi connectivity index (χ2n) is 1.79. The van der Waals surface area contributed by atoms with Gasteiger partial charge in [0.1, 0.15) is 0 Å². The van der Waals surface area contributed by atoms with Crippen molar-refractivity contribution < 1.29 is 9.90 Å². The molecule has 0 fully saturated rings. The van der Waals surface area contributed by atoms with E-state index in [9.17, 15) is 4.79 Å². The van der Waals surface area contributed by atoms with Crippen molar-refractivity contribution in [1.82, 2.24) is 0 Å². The first kappa shape index (κ1) is 8.64. The van der Waals surface area contributed by atoms with Crippen LogP contribution in [0.5, 0.6) is 0 Å². The first-order valence-corrected chi connectivity index (χ1v) is 3.35. The molecule has 1 atom stereocenters. The smallest absolute Gasteiger partial charge is 0.177 e. The fourth-order valence-corrected chi connectivity index (χ4v) is 0.574. The second-order valence-corrected chi connectivity index (χ2v) is 2.31. The van der Waals surface area contributed by atoms with Crippen molar-refractivity contribution in [3.05, 3.63) is 11.3 Å². The van der Waals surface area contributed by atoms with Crippen molar-refractivity contribution in [2.75, 3.05) is 0 Å². The molecule has 0 aromatic carbocycles. The van der Waals surface area contributed by atoms with Gasteiger partial charge in [-0.2, -0.15) is 0 Å². The lowest BCUT2D eigenvalue weighted by Gasteiger charge is -1.97. The van der Waals surface area contributed by atoms with Gasteiger partial charge in [-0.25, -0.2) is 0 Å². The molecule has 1 unspecified atom stereocenters. The van der Waals surface area contributed by atoms with Crippen LogP contribution in [-0.4, -0.2) is 10.6 Å². The van der Waals surface area contributed by atoms with Gasteiger partial charge in [0, 0.05) is 12.0 Å². The lowest BCUT2D eigenvalue weighted by Crippen LogP contribution is -1.92. The van der Waals surface area contributed by atoms with Crippen LogP contribution in [0.25, 0.3) is 0 Å². The highest BCUT2D eigenvalue weighted by Gasteiger charge is 2.01. The normalized spacial score (nSPS) is 12.8. The Balaban J connectivity index is 4.28. The molecule has 9 heavy (non-hydrogen) atoms. The number of rotatable bonds is 2. The lowest BCUT2D eigenvalue weighted by molar-refractivity contribution is -0.108. The summed E-state index contributed by atoms with van der Waals surface area (Å²) in [5, 5.41) is 8.94. The van der Waals surface area contributed by atoms with Crippen LogP contribution >= 0.6 is 9.24 Å². The molecule has 0 saturated carbocycles. The Morgan fingerprint density at radius 1 is 1.67 bits per heavy atom. The van der Waals surface area contributed by atoms with Gasteiger partial charge in [-0.15, -0.1) is 0 Å². The van der Waals surface area contributed by atoms with E-state index in [1.807, 2.05) is 9.24 Å². The molecule has 0 amide bonds. The van der Waals surface area contributed by atoms with Crippen LogP contribution in [-0.2, 0) is 4.79 Å². The van der Waals surface area contributed by atoms with E-state index in [-0.39, 0.29) is 11.3 Å². The summed E-state index contributed by atoms with van der Waals surface area (Å²) in [5.41, 5.74) is 0.289. The lowest BCUT2D eigenvalue weighted by atomic mass is 10.2. The molecule has 52 valence electrons. The Hall–Kier alpha value is -0.360. The van der Waals surface area contributed by atoms with E-state index in [0.29, 0.717) is 12.0 Å². The van der Waals surface area contributed by atoms with Crippen LogP contribution in [0, 0.1) is 0 Å². The van der Waals surface area contributed by atoms with E-state index in [4.69, 9.17) is 5.11 Å². The minimum absolute atomic E-state index is 0.144. The summed E-state index contributed by atoms with van der Waals surface area (Å²) in [6.45, 7) is 3.40. The predicted octanol–water partition coefficient (Wildman–Crippen LogP) is 1.63. The van der Waals surface area contributed by atoms with E-state index in [1.54, 1.807) is 13.8 Å². The number of hydrogen-bond acceptors (Lipinski definition) is 2. The van der Waals surface area contributed by atoms with Crippen molar-refractivity contribution >= 4 is 14.8 Å². The average molecular weight is 146 g/mol. The van der Waals surface area contributed by atoms with Crippen LogP contribution in [0.1, 0.15) is 20.3 Å². The second kappa shape index (κ2) is 3.62. The molecular formula is C6H11O2P. The number of carbonyl (C=O) groups excluding carboxylic acids is 1. The summed E-state index contributed by atoms with van der Waals surface area (Å²) in [5.74, 6) is 0.176. The summed E-state index contributed by atoms with van der Waals surface area (Å²) in [6, 6.07) is 0. The summed E-state index contributed by atoms with van der Waals surface area (Å²) in [7, 11) is 2.01. The van der Waals surface area contributed by atoms with Crippen molar-refractivity contribution in [2.45, 2.75) is 20.3 Å². The summed E-state index contributed by atoms with van der Waals surface area (Å²) < 4.78 is 0. The topological polar surface area (TPSA) is 37.3 Å². The fourth-order valence-electron chi connectivity index (χ4n) is 0.407. The molecule has 0 rings (SSSR count). The molecule has 2 nitrogen and oxygen atoms in total. The third-order valence-electron chi connectivity index (χ3n) is 1.14. The Morgan fingerprint density at radius 2 is 2.11 bits per heavy atom. The van der Waals surface area contributed by atoms with Crippen LogP contribution in [0.3, 0.4) is 0 Å². The Bertz CT molecular complexity index is 149. The van der Waals surface area contributed by atoms with E-state index in [0.717, 1.165) is 0 Å². The molecule has 0 bridgehead atoms. The van der Waals surface area contributed by atoms with Gasteiger partial charge in [0.15, 0.2) is 5.52 Å². The van der Waals surface area contributed by atoms with Gasteiger partial charge in [-0.05, 0) is 6.92 Å². The first-order valence-electron chi connectivity index (χ1n) is 2.78. The van der Waals surface area contributed by atoms with Gasteiger partial charge in [0.05, 0.1) is 5.76 Å². The minimum atomic E-state index is -0.144. The van der Waals surface area contributed by atoms with Crippen molar-refractivity contribution in [1.29, 1.82) is 0 Å². The molecule has 0 spiro atoms. The van der Waals surface area contributed by atoms with Crippen molar-refractivity contribution in [3.8, 4) is 0 Å². The van der Waals surface area contributed by atoms with Crippen molar-refractivity contribution in [2.24, 2.45) is 0 Å². The van der Waals surface area contributed by atoms with Crippen LogP contribution in [0.4, 0.5) is 0 Å². The predicted molar refractivity (Wildman–Crippen MR) is 40.3 cm³/mol. The van der Waals surface area contributed by atoms with E-state index < -0.39 is 0 Å². The average Bonchev–Trinajstić information content (AvgIpc) is 1.84. The molecule has 3 heteroatoms. The molecule has 1 N–H and O–H groups in total. The number of hydrogen-bond donors (Lipinski definition) is 1. The van der Waals surface area contributed by atoms with E-state index >= 15 is 0 Å². The van der Waals surface area contributed by atoms with Crippen molar-refractivity contribution in [3.63, 3.8) is 0 Å². The first-order chi connectivity index (χ1) is 4.09. The zero-order valence-corrected chi connectivity index (χ0v) is 6.79. The van der Waals surface area contributed by atoms with Gasteiger partial charge < -0.3 is 5.11 Å². The molecular weight excluding hydrogens is 135 g/mol. The van der Waals surface area contributed by atoms with E-state index in [1.165, 1.54) is 0 Å². The third-order valence-corrected chi connectivity index (χ3v) is 1.57. The number of aliphatic hydroxyl groups excluding tert-OH is 1. The summed E-state index contributed by atoms with van der Waals surface area (Å²) in [6.07, 6.45) is 0.520. The van der Waals surface area contributed by atoms with E-state index in [2.05, 4.69) is 0 Å². The summed E-state index contributed by atoms with van der Waals surface area (Å²) >= 11 is 0. The Labute approximate surface area is 57.2 Å². The Morgan fingerprint density at radius 3 is 2.22 bits per heavy atom. The number of aliphatic hydroxyl groups is 1. The van der Waals surface area contributed by atoms with Gasteiger partial charge >= 0.3 is 0 Å². The molecule has 0 aliphatic rings. The molecule has 0 aromatic rings. The van der Waals surface area contributed by atoms with Crippen LogP contribution in [0.15, 0.2) is 11.3 Å². The van der Waals surface area contributed by atoms with Gasteiger partial charge in [-0.1, -0.05) is 16.2 Å². The maximum absolute atomic E-state index is 10.5. The Kier molecular flexibility index (Phi) is 3.48. The fraction of sp³-hybridized carbons (Fsp3) is 0.500. The van der Waals surface area contributed by atoms with Crippen LogP contribution in [0.2, 0.25) is 0 Å². The van der Waals surface area contributed by atoms with Gasteiger partial charge in [0.25, 0.3) is 0 Å². The van der Waals surface area contributed by atoms with Gasteiger partial charge in [-0.3, -0.25) is 4.79 Å². The molecule has 0 radical (unpaired) electrons. The maximum Gasteiger partial charge on any atom is 0.177 e. The highest BCUT2D eigenvalue weighted by atomic mass is 31.0. The largest absolute Gasteiger partial charge is 0.512 e. The zero-order valence-electron chi connectivity index (χ0n) is 5.64. The monoisotopic (exact) mass is 146 g/mol. The van der Waals surface area contributed by atoms with Crippen LogP contribution < -0.4 is 0 Å². The number of allylic oxidation sites excluding steroid dienone is 2. The standard InChI is InChI=1S/C6H11O2P/c1-3-5(7)4(2)6(8)9/h7H,3,9H2,1-2H3. The highest BCUT2D eigenvalue weighted by molar-refractivity contribution is 7.41. The molecule has 0 aliphatic heterocycles. The van der Waals surface area contributed by atoms with Gasteiger partial charge in [0.2, 0.25) is 0 Å². The number of carbonyl (C=O) groups is 1. The maximum atomic E-state index is 10.5. The molecule has 0 saturated heterocycles. The zero-order chi connectivity index (χ0) is 7.44. The molecule has 0 aromatic heterocycles. The summed E-state index contributed by atoms with van der Waals surface area (Å²) in [4.78, 5) is 10.5. The SMILES string of the molecule is CCC(O)=C(C)C(=O)P. The third kappa shape index (κ3) is 2.62.